The Labute approximate surface area is 135 Å². The highest BCUT2D eigenvalue weighted by Gasteiger charge is 2.29. The minimum Gasteiger partial charge on any atom is -0.331 e. The van der Waals surface area contributed by atoms with Crippen LogP contribution in [0.3, 0.4) is 0 Å². The number of fused-ring (bicyclic) bond motifs is 2. The molecule has 0 bridgehead atoms. The molecule has 1 amide bonds. The van der Waals surface area contributed by atoms with E-state index in [1.807, 2.05) is 22.3 Å². The van der Waals surface area contributed by atoms with Crippen molar-refractivity contribution in [2.45, 2.75) is 45.1 Å². The first-order valence-corrected chi connectivity index (χ1v) is 9.11. The number of hydrogen-bond donors (Lipinski definition) is 0. The Kier molecular flexibility index (Phi) is 3.53. The highest BCUT2D eigenvalue weighted by Crippen LogP contribution is 2.34. The van der Waals surface area contributed by atoms with Gasteiger partial charge in [-0.2, -0.15) is 0 Å². The summed E-state index contributed by atoms with van der Waals surface area (Å²) in [4.78, 5) is 16.4. The number of rotatable bonds is 1. The zero-order valence-corrected chi connectivity index (χ0v) is 13.8. The molecule has 0 unspecified atom stereocenters. The van der Waals surface area contributed by atoms with Gasteiger partial charge in [-0.3, -0.25) is 4.79 Å². The Balaban J connectivity index is 1.62. The Morgan fingerprint density at radius 2 is 1.95 bits per heavy atom. The second kappa shape index (κ2) is 5.54. The largest absolute Gasteiger partial charge is 0.331 e. The molecular formula is C19H21NOS. The number of thiophene rings is 1. The average molecular weight is 311 g/mol. The van der Waals surface area contributed by atoms with E-state index in [9.17, 15) is 4.79 Å². The molecule has 2 aliphatic rings. The summed E-state index contributed by atoms with van der Waals surface area (Å²) in [5, 5.41) is 2.15. The summed E-state index contributed by atoms with van der Waals surface area (Å²) in [7, 11) is 0. The van der Waals surface area contributed by atoms with Crippen molar-refractivity contribution in [1.82, 2.24) is 4.90 Å². The molecule has 1 aromatic heterocycles. The van der Waals surface area contributed by atoms with Crippen LogP contribution in [0.1, 0.15) is 57.7 Å². The van der Waals surface area contributed by atoms with Gasteiger partial charge in [0.1, 0.15) is 0 Å². The van der Waals surface area contributed by atoms with Crippen LogP contribution in [0, 0.1) is 0 Å². The first kappa shape index (κ1) is 14.0. The fraction of sp³-hybridized carbons (Fsp3) is 0.421. The number of amides is 1. The number of carbonyl (C=O) groups excluding carboxylic acids is 1. The molecule has 2 aromatic rings. The Morgan fingerprint density at radius 3 is 2.82 bits per heavy atom. The number of carbonyl (C=O) groups is 1. The van der Waals surface area contributed by atoms with E-state index in [0.29, 0.717) is 0 Å². The van der Waals surface area contributed by atoms with E-state index >= 15 is 0 Å². The van der Waals surface area contributed by atoms with Crippen molar-refractivity contribution in [2.24, 2.45) is 0 Å². The van der Waals surface area contributed by atoms with E-state index < -0.39 is 0 Å². The normalized spacial score (nSPS) is 20.4. The van der Waals surface area contributed by atoms with Gasteiger partial charge in [0, 0.05) is 17.0 Å². The van der Waals surface area contributed by atoms with Crippen molar-refractivity contribution in [2.75, 3.05) is 6.54 Å². The molecule has 0 N–H and O–H groups in total. The van der Waals surface area contributed by atoms with Crippen molar-refractivity contribution in [3.8, 4) is 0 Å². The van der Waals surface area contributed by atoms with Gasteiger partial charge in [0.15, 0.2) is 0 Å². The number of benzene rings is 1. The standard InChI is InChI=1S/C19H21NOS/c1-13-17-9-11-22-18(17)8-10-20(13)19(21)16-7-6-14-4-2-3-5-15(14)12-16/h6-7,9,11-13H,2-5,8,10H2,1H3/t13-/m1/s1. The lowest BCUT2D eigenvalue weighted by Crippen LogP contribution is -2.38. The Bertz CT molecular complexity index is 718. The predicted molar refractivity (Wildman–Crippen MR) is 90.6 cm³/mol. The molecule has 0 saturated heterocycles. The Morgan fingerprint density at radius 1 is 1.14 bits per heavy atom. The lowest BCUT2D eigenvalue weighted by molar-refractivity contribution is 0.0679. The molecular weight excluding hydrogens is 290 g/mol. The fourth-order valence-corrected chi connectivity index (χ4v) is 4.78. The van der Waals surface area contributed by atoms with Crippen molar-refractivity contribution in [3.63, 3.8) is 0 Å². The second-order valence-corrected chi connectivity index (χ2v) is 7.41. The lowest BCUT2D eigenvalue weighted by atomic mass is 9.90. The lowest BCUT2D eigenvalue weighted by Gasteiger charge is -2.34. The van der Waals surface area contributed by atoms with Crippen LogP contribution < -0.4 is 0 Å². The number of aryl methyl sites for hydroxylation is 2. The molecule has 1 aromatic carbocycles. The van der Waals surface area contributed by atoms with Crippen LogP contribution in [-0.2, 0) is 19.3 Å². The number of nitrogens with zero attached hydrogens (tertiary/aromatic N) is 1. The third-order valence-corrected chi connectivity index (χ3v) is 6.13. The van der Waals surface area contributed by atoms with E-state index in [0.717, 1.165) is 24.9 Å². The quantitative estimate of drug-likeness (QED) is 0.765. The molecule has 1 aliphatic heterocycles. The van der Waals surface area contributed by atoms with E-state index in [1.165, 1.54) is 40.8 Å². The molecule has 0 spiro atoms. The zero-order valence-electron chi connectivity index (χ0n) is 13.0. The minimum absolute atomic E-state index is 0.192. The van der Waals surface area contributed by atoms with Crippen LogP contribution in [0.15, 0.2) is 29.6 Å². The maximum absolute atomic E-state index is 13.0. The van der Waals surface area contributed by atoms with Crippen molar-refractivity contribution in [3.05, 3.63) is 56.8 Å². The third kappa shape index (κ3) is 2.28. The summed E-state index contributed by atoms with van der Waals surface area (Å²) in [5.74, 6) is 0.192. The van der Waals surface area contributed by atoms with E-state index in [2.05, 4.69) is 30.5 Å². The van der Waals surface area contributed by atoms with E-state index in [1.54, 1.807) is 0 Å². The summed E-state index contributed by atoms with van der Waals surface area (Å²) >= 11 is 1.82. The van der Waals surface area contributed by atoms with Gasteiger partial charge in [0.05, 0.1) is 6.04 Å². The molecule has 114 valence electrons. The molecule has 0 fully saturated rings. The van der Waals surface area contributed by atoms with Gasteiger partial charge >= 0.3 is 0 Å². The maximum Gasteiger partial charge on any atom is 0.254 e. The molecule has 1 aliphatic carbocycles. The summed E-state index contributed by atoms with van der Waals surface area (Å²) < 4.78 is 0. The van der Waals surface area contributed by atoms with E-state index in [4.69, 9.17) is 0 Å². The molecule has 2 heterocycles. The van der Waals surface area contributed by atoms with Gasteiger partial charge in [-0.05, 0) is 79.3 Å². The predicted octanol–water partition coefficient (Wildman–Crippen LogP) is 4.39. The SMILES string of the molecule is C[C@@H]1c2ccsc2CCN1C(=O)c1ccc2c(c1)CCCC2. The van der Waals surface area contributed by atoms with Crippen molar-refractivity contribution >= 4 is 17.2 Å². The second-order valence-electron chi connectivity index (χ2n) is 6.41. The maximum atomic E-state index is 13.0. The van der Waals surface area contributed by atoms with Gasteiger partial charge in [-0.15, -0.1) is 11.3 Å². The van der Waals surface area contributed by atoms with Gasteiger partial charge < -0.3 is 4.90 Å². The first-order chi connectivity index (χ1) is 10.7. The molecule has 3 heteroatoms. The van der Waals surface area contributed by atoms with Crippen LogP contribution in [0.2, 0.25) is 0 Å². The first-order valence-electron chi connectivity index (χ1n) is 8.23. The highest BCUT2D eigenvalue weighted by molar-refractivity contribution is 7.10. The summed E-state index contributed by atoms with van der Waals surface area (Å²) in [6.07, 6.45) is 5.82. The van der Waals surface area contributed by atoms with Gasteiger partial charge in [0.25, 0.3) is 5.91 Å². The summed E-state index contributed by atoms with van der Waals surface area (Å²) in [5.41, 5.74) is 5.03. The molecule has 1 atom stereocenters. The fourth-order valence-electron chi connectivity index (χ4n) is 3.82. The molecule has 22 heavy (non-hydrogen) atoms. The van der Waals surface area contributed by atoms with Crippen LogP contribution >= 0.6 is 11.3 Å². The van der Waals surface area contributed by atoms with Crippen LogP contribution in [0.4, 0.5) is 0 Å². The smallest absolute Gasteiger partial charge is 0.254 e. The third-order valence-electron chi connectivity index (χ3n) is 5.13. The molecule has 0 saturated carbocycles. The van der Waals surface area contributed by atoms with Crippen molar-refractivity contribution < 1.29 is 4.79 Å². The summed E-state index contributed by atoms with van der Waals surface area (Å²) in [6.45, 7) is 2.99. The van der Waals surface area contributed by atoms with Gasteiger partial charge in [-0.1, -0.05) is 6.07 Å². The summed E-state index contributed by atoms with van der Waals surface area (Å²) in [6, 6.07) is 8.72. The topological polar surface area (TPSA) is 20.3 Å². The molecule has 0 radical (unpaired) electrons. The van der Waals surface area contributed by atoms with Gasteiger partial charge in [0.2, 0.25) is 0 Å². The molecule has 4 rings (SSSR count). The average Bonchev–Trinajstić information content (AvgIpc) is 3.04. The number of hydrogen-bond acceptors (Lipinski definition) is 2. The van der Waals surface area contributed by atoms with E-state index in [-0.39, 0.29) is 11.9 Å². The van der Waals surface area contributed by atoms with Crippen molar-refractivity contribution in [1.29, 1.82) is 0 Å². The van der Waals surface area contributed by atoms with Crippen LogP contribution in [0.25, 0.3) is 0 Å². The highest BCUT2D eigenvalue weighted by atomic mass is 32.1. The van der Waals surface area contributed by atoms with Gasteiger partial charge in [-0.25, -0.2) is 0 Å². The zero-order chi connectivity index (χ0) is 15.1. The Hall–Kier alpha value is -1.61. The monoisotopic (exact) mass is 311 g/mol. The minimum atomic E-state index is 0.192. The van der Waals surface area contributed by atoms with Crippen LogP contribution in [-0.4, -0.2) is 17.4 Å². The van der Waals surface area contributed by atoms with Crippen LogP contribution in [0.5, 0.6) is 0 Å². The molecule has 2 nitrogen and oxygen atoms in total.